The number of nitriles is 1. The number of aromatic nitrogens is 1. The number of fused-ring (bicyclic) bond motifs is 1. The summed E-state index contributed by atoms with van der Waals surface area (Å²) in [6.07, 6.45) is 8.55. The average Bonchev–Trinajstić information content (AvgIpc) is 3.50. The number of hydrogen-bond donors (Lipinski definition) is 0. The van der Waals surface area contributed by atoms with Crippen LogP contribution in [0.1, 0.15) is 37.2 Å². The third-order valence-corrected chi connectivity index (χ3v) is 5.58. The van der Waals surface area contributed by atoms with Crippen molar-refractivity contribution in [3.63, 3.8) is 0 Å². The van der Waals surface area contributed by atoms with E-state index in [1.54, 1.807) is 7.11 Å². The molecular formula is C20H23BN2O2. The summed E-state index contributed by atoms with van der Waals surface area (Å²) in [5.41, 5.74) is 2.36. The summed E-state index contributed by atoms with van der Waals surface area (Å²) in [4.78, 5) is 4.53. The van der Waals surface area contributed by atoms with E-state index in [0.29, 0.717) is 18.4 Å². The van der Waals surface area contributed by atoms with Crippen molar-refractivity contribution in [3.05, 3.63) is 30.0 Å². The lowest BCUT2D eigenvalue weighted by Crippen LogP contribution is -2.23. The molecule has 1 aromatic heterocycles. The molecule has 1 aromatic carbocycles. The number of hydrogen-bond acceptors (Lipinski definition) is 4. The third-order valence-electron chi connectivity index (χ3n) is 5.58. The van der Waals surface area contributed by atoms with Gasteiger partial charge in [0.1, 0.15) is 0 Å². The van der Waals surface area contributed by atoms with Crippen LogP contribution in [0.15, 0.2) is 24.4 Å². The maximum absolute atomic E-state index is 9.02. The van der Waals surface area contributed by atoms with Gasteiger partial charge in [0.2, 0.25) is 0 Å². The predicted molar refractivity (Wildman–Crippen MR) is 99.5 cm³/mol. The molecule has 1 aliphatic heterocycles. The van der Waals surface area contributed by atoms with E-state index in [4.69, 9.17) is 14.7 Å². The van der Waals surface area contributed by atoms with Crippen LogP contribution in [-0.4, -0.2) is 25.4 Å². The molecular weight excluding hydrogens is 311 g/mol. The zero-order valence-electron chi connectivity index (χ0n) is 14.7. The van der Waals surface area contributed by atoms with E-state index in [9.17, 15) is 0 Å². The summed E-state index contributed by atoms with van der Waals surface area (Å²) in [6, 6.07) is 6.23. The average molecular weight is 334 g/mol. The second-order valence-electron chi connectivity index (χ2n) is 7.35. The number of benzene rings is 1. The van der Waals surface area contributed by atoms with Crippen LogP contribution in [0.3, 0.4) is 0 Å². The molecule has 1 aliphatic carbocycles. The highest BCUT2D eigenvalue weighted by molar-refractivity contribution is 6.67. The van der Waals surface area contributed by atoms with E-state index < -0.39 is 0 Å². The largest absolute Gasteiger partial charge is 0.493 e. The van der Waals surface area contributed by atoms with Crippen molar-refractivity contribution < 1.29 is 9.47 Å². The van der Waals surface area contributed by atoms with E-state index in [-0.39, 0.29) is 6.71 Å². The Labute approximate surface area is 149 Å². The van der Waals surface area contributed by atoms with Gasteiger partial charge in [0.25, 0.3) is 6.71 Å². The molecule has 0 N–H and O–H groups in total. The maximum Gasteiger partial charge on any atom is 0.267 e. The molecule has 25 heavy (non-hydrogen) atoms. The predicted octanol–water partition coefficient (Wildman–Crippen LogP) is 4.47. The minimum absolute atomic E-state index is 0.233. The first-order valence-electron chi connectivity index (χ1n) is 9.27. The molecule has 0 spiro atoms. The number of pyridine rings is 1. The lowest BCUT2D eigenvalue weighted by molar-refractivity contribution is 0.227. The summed E-state index contributed by atoms with van der Waals surface area (Å²) >= 11 is 0. The van der Waals surface area contributed by atoms with Crippen molar-refractivity contribution in [2.24, 2.45) is 5.92 Å². The molecule has 1 saturated carbocycles. The Kier molecular flexibility index (Phi) is 4.52. The van der Waals surface area contributed by atoms with Crippen molar-refractivity contribution in [2.75, 3.05) is 13.7 Å². The molecule has 0 unspecified atom stereocenters. The zero-order chi connectivity index (χ0) is 17.2. The number of rotatable bonds is 5. The molecule has 5 heteroatoms. The van der Waals surface area contributed by atoms with Crippen LogP contribution in [0.2, 0.25) is 12.6 Å². The molecule has 0 atom stereocenters. The van der Waals surface area contributed by atoms with Crippen LogP contribution < -0.4 is 9.47 Å². The van der Waals surface area contributed by atoms with Crippen molar-refractivity contribution in [3.8, 4) is 17.5 Å². The molecule has 2 heterocycles. The molecule has 128 valence electrons. The monoisotopic (exact) mass is 334 g/mol. The van der Waals surface area contributed by atoms with E-state index in [2.05, 4.69) is 23.1 Å². The second-order valence-corrected chi connectivity index (χ2v) is 7.35. The highest BCUT2D eigenvalue weighted by Crippen LogP contribution is 2.44. The first-order chi connectivity index (χ1) is 12.3. The maximum atomic E-state index is 9.02. The molecule has 2 fully saturated rings. The summed E-state index contributed by atoms with van der Waals surface area (Å²) in [5, 5.41) is 10.2. The Balaban J connectivity index is 1.52. The number of methoxy groups -OCH3 is 1. The van der Waals surface area contributed by atoms with Gasteiger partial charge < -0.3 is 9.47 Å². The van der Waals surface area contributed by atoms with Gasteiger partial charge in [0, 0.05) is 23.6 Å². The fourth-order valence-corrected chi connectivity index (χ4v) is 3.86. The molecule has 4 rings (SSSR count). The van der Waals surface area contributed by atoms with Crippen LogP contribution in [0, 0.1) is 17.1 Å². The number of nitrogens with zero attached hydrogens (tertiary/aromatic N) is 2. The fraction of sp³-hybridized carbons (Fsp3) is 0.500. The molecule has 1 saturated heterocycles. The van der Waals surface area contributed by atoms with Crippen LogP contribution in [0.5, 0.6) is 11.5 Å². The lowest BCUT2D eigenvalue weighted by atomic mass is 9.42. The Bertz CT molecular complexity index is 805. The number of ether oxygens (including phenoxy) is 2. The fourth-order valence-electron chi connectivity index (χ4n) is 3.86. The Morgan fingerprint density at radius 3 is 2.68 bits per heavy atom. The summed E-state index contributed by atoms with van der Waals surface area (Å²) in [7, 11) is 1.69. The van der Waals surface area contributed by atoms with Gasteiger partial charge in [-0.2, -0.15) is 0 Å². The van der Waals surface area contributed by atoms with E-state index in [1.807, 2.05) is 12.3 Å². The topological polar surface area (TPSA) is 55.1 Å². The van der Waals surface area contributed by atoms with Gasteiger partial charge in [0.05, 0.1) is 19.2 Å². The molecule has 0 bridgehead atoms. The van der Waals surface area contributed by atoms with E-state index in [1.165, 1.54) is 23.8 Å². The van der Waals surface area contributed by atoms with Crippen molar-refractivity contribution in [2.45, 2.75) is 44.2 Å². The first kappa shape index (κ1) is 16.3. The Morgan fingerprint density at radius 2 is 2.00 bits per heavy atom. The molecule has 2 aliphatic rings. The van der Waals surface area contributed by atoms with Gasteiger partial charge in [0.15, 0.2) is 11.5 Å². The van der Waals surface area contributed by atoms with Crippen LogP contribution in [-0.2, 0) is 0 Å². The Hall–Kier alpha value is -2.22. The summed E-state index contributed by atoms with van der Waals surface area (Å²) < 4.78 is 11.7. The van der Waals surface area contributed by atoms with Crippen molar-refractivity contribution in [1.82, 2.24) is 4.98 Å². The lowest BCUT2D eigenvalue weighted by Gasteiger charge is -2.23. The summed E-state index contributed by atoms with van der Waals surface area (Å²) in [5.74, 6) is 5.15. The van der Waals surface area contributed by atoms with Gasteiger partial charge in [-0.25, -0.2) is 5.26 Å². The normalized spacial score (nSPS) is 18.2. The third kappa shape index (κ3) is 3.44. The molecule has 2 aromatic rings. The van der Waals surface area contributed by atoms with Gasteiger partial charge in [-0.3, -0.25) is 4.98 Å². The first-order valence-corrected chi connectivity index (χ1v) is 9.27. The standard InChI is InChI=1S/C20H23BN2O2/c1-24-19-10-17-16(15-2-3-15)6-9-23-18(17)11-20(19)25-12-14-4-7-21(13-22)8-5-14/h6,9-11,14-15H,2-5,7-8,12H2,1H3. The van der Waals surface area contributed by atoms with Crippen LogP contribution >= 0.6 is 0 Å². The molecule has 0 amide bonds. The smallest absolute Gasteiger partial charge is 0.267 e. The minimum atomic E-state index is 0.233. The highest BCUT2D eigenvalue weighted by atomic mass is 16.5. The van der Waals surface area contributed by atoms with Gasteiger partial charge in [-0.15, -0.1) is 0 Å². The van der Waals surface area contributed by atoms with Gasteiger partial charge in [-0.05, 0) is 42.4 Å². The molecule has 0 radical (unpaired) electrons. The van der Waals surface area contributed by atoms with Gasteiger partial charge in [-0.1, -0.05) is 25.5 Å². The van der Waals surface area contributed by atoms with Crippen molar-refractivity contribution in [1.29, 1.82) is 5.26 Å². The molecule has 4 nitrogen and oxygen atoms in total. The van der Waals surface area contributed by atoms with Gasteiger partial charge >= 0.3 is 0 Å². The van der Waals surface area contributed by atoms with E-state index >= 15 is 0 Å². The van der Waals surface area contributed by atoms with Crippen molar-refractivity contribution >= 4 is 17.6 Å². The van der Waals surface area contributed by atoms with Crippen LogP contribution in [0.4, 0.5) is 0 Å². The zero-order valence-corrected chi connectivity index (χ0v) is 14.7. The summed E-state index contributed by atoms with van der Waals surface area (Å²) in [6.45, 7) is 0.916. The minimum Gasteiger partial charge on any atom is -0.493 e. The SMILES string of the molecule is COc1cc2c(C3CC3)ccnc2cc1OCC1CCB(C#N)CC1. The van der Waals surface area contributed by atoms with E-state index in [0.717, 1.165) is 42.5 Å². The highest BCUT2D eigenvalue weighted by Gasteiger charge is 2.27. The van der Waals surface area contributed by atoms with Crippen LogP contribution in [0.25, 0.3) is 10.9 Å². The second kappa shape index (κ2) is 6.96. The quantitative estimate of drug-likeness (QED) is 0.757. The Morgan fingerprint density at radius 1 is 1.20 bits per heavy atom.